The standard InChI is InChI=1S/C16H15N3O3/c1-17-9-10(14(20)19(3)16(17)22)8-12-11-6-4-5-7-13(11)18(2)15(12)21/h4-9H,1-3H3/b12-8+. The molecule has 0 unspecified atom stereocenters. The zero-order chi connectivity index (χ0) is 16.0. The Morgan fingerprint density at radius 2 is 1.68 bits per heavy atom. The number of aryl methyl sites for hydroxylation is 1. The van der Waals surface area contributed by atoms with Crippen molar-refractivity contribution in [3.63, 3.8) is 0 Å². The van der Waals surface area contributed by atoms with Crippen molar-refractivity contribution in [3.05, 3.63) is 62.4 Å². The highest BCUT2D eigenvalue weighted by Crippen LogP contribution is 2.35. The van der Waals surface area contributed by atoms with Gasteiger partial charge in [-0.15, -0.1) is 0 Å². The number of carbonyl (C=O) groups is 1. The lowest BCUT2D eigenvalue weighted by Crippen LogP contribution is -2.37. The summed E-state index contributed by atoms with van der Waals surface area (Å²) in [4.78, 5) is 37.9. The molecule has 2 aromatic rings. The molecule has 0 atom stereocenters. The van der Waals surface area contributed by atoms with Gasteiger partial charge in [0.15, 0.2) is 0 Å². The molecule has 0 spiro atoms. The second kappa shape index (κ2) is 4.84. The number of fused-ring (bicyclic) bond motifs is 1. The number of anilines is 1. The van der Waals surface area contributed by atoms with Crippen LogP contribution in [0.2, 0.25) is 0 Å². The Labute approximate surface area is 126 Å². The average Bonchev–Trinajstić information content (AvgIpc) is 2.76. The summed E-state index contributed by atoms with van der Waals surface area (Å²) in [5.41, 5.74) is 1.52. The molecule has 0 radical (unpaired) electrons. The Hall–Kier alpha value is -2.89. The van der Waals surface area contributed by atoms with E-state index in [9.17, 15) is 14.4 Å². The van der Waals surface area contributed by atoms with Crippen LogP contribution in [0.3, 0.4) is 0 Å². The highest BCUT2D eigenvalue weighted by atomic mass is 16.2. The number of hydrogen-bond donors (Lipinski definition) is 0. The molecule has 1 aliphatic heterocycles. The lowest BCUT2D eigenvalue weighted by molar-refractivity contribution is -0.112. The zero-order valence-corrected chi connectivity index (χ0v) is 12.5. The lowest BCUT2D eigenvalue weighted by atomic mass is 10.1. The third-order valence-corrected chi connectivity index (χ3v) is 3.86. The van der Waals surface area contributed by atoms with Crippen LogP contribution in [0.4, 0.5) is 5.69 Å². The van der Waals surface area contributed by atoms with Gasteiger partial charge in [-0.05, 0) is 12.1 Å². The molecule has 6 heteroatoms. The third kappa shape index (κ3) is 1.92. The molecule has 2 heterocycles. The van der Waals surface area contributed by atoms with E-state index in [1.54, 1.807) is 25.1 Å². The number of benzene rings is 1. The summed E-state index contributed by atoms with van der Waals surface area (Å²) in [7, 11) is 4.68. The quantitative estimate of drug-likeness (QED) is 0.724. The molecule has 1 amide bonds. The number of rotatable bonds is 1. The van der Waals surface area contributed by atoms with E-state index in [-0.39, 0.29) is 5.91 Å². The van der Waals surface area contributed by atoms with E-state index in [1.165, 1.54) is 17.8 Å². The van der Waals surface area contributed by atoms with Gasteiger partial charge in [0.1, 0.15) is 0 Å². The fraction of sp³-hybridized carbons (Fsp3) is 0.188. The minimum atomic E-state index is -0.421. The molecular weight excluding hydrogens is 282 g/mol. The van der Waals surface area contributed by atoms with Crippen LogP contribution in [0.5, 0.6) is 0 Å². The van der Waals surface area contributed by atoms with Crippen molar-refractivity contribution < 1.29 is 4.79 Å². The maximum Gasteiger partial charge on any atom is 0.330 e. The van der Waals surface area contributed by atoms with Crippen molar-refractivity contribution >= 4 is 23.2 Å². The van der Waals surface area contributed by atoms with Crippen molar-refractivity contribution in [3.8, 4) is 0 Å². The molecule has 22 heavy (non-hydrogen) atoms. The van der Waals surface area contributed by atoms with Crippen molar-refractivity contribution in [2.75, 3.05) is 11.9 Å². The first-order valence-electron chi connectivity index (χ1n) is 6.77. The summed E-state index contributed by atoms with van der Waals surface area (Å²) in [6, 6.07) is 7.40. The maximum atomic E-state index is 12.4. The highest BCUT2D eigenvalue weighted by molar-refractivity contribution is 6.35. The molecule has 1 aliphatic rings. The van der Waals surface area contributed by atoms with Crippen LogP contribution < -0.4 is 16.1 Å². The molecule has 0 saturated carbocycles. The number of para-hydroxylation sites is 1. The average molecular weight is 297 g/mol. The van der Waals surface area contributed by atoms with Gasteiger partial charge in [0.2, 0.25) is 0 Å². The molecule has 6 nitrogen and oxygen atoms in total. The molecule has 1 aromatic carbocycles. The van der Waals surface area contributed by atoms with Crippen LogP contribution in [0, 0.1) is 0 Å². The molecular formula is C16H15N3O3. The minimum Gasteiger partial charge on any atom is -0.311 e. The fourth-order valence-corrected chi connectivity index (χ4v) is 2.63. The molecule has 0 saturated heterocycles. The topological polar surface area (TPSA) is 64.3 Å². The van der Waals surface area contributed by atoms with Gasteiger partial charge in [-0.25, -0.2) is 4.79 Å². The van der Waals surface area contributed by atoms with E-state index in [1.807, 2.05) is 24.3 Å². The number of likely N-dealkylation sites (N-methyl/N-ethyl adjacent to an activating group) is 1. The van der Waals surface area contributed by atoms with Gasteiger partial charge in [-0.1, -0.05) is 18.2 Å². The lowest BCUT2D eigenvalue weighted by Gasteiger charge is -2.08. The molecule has 0 aliphatic carbocycles. The highest BCUT2D eigenvalue weighted by Gasteiger charge is 2.29. The van der Waals surface area contributed by atoms with Gasteiger partial charge in [0, 0.05) is 32.9 Å². The molecule has 112 valence electrons. The Kier molecular flexibility index (Phi) is 3.09. The Morgan fingerprint density at radius 3 is 2.41 bits per heavy atom. The zero-order valence-electron chi connectivity index (χ0n) is 12.5. The van der Waals surface area contributed by atoms with Gasteiger partial charge in [0.05, 0.1) is 16.8 Å². The number of aromatic nitrogens is 2. The second-order valence-corrected chi connectivity index (χ2v) is 5.28. The van der Waals surface area contributed by atoms with Crippen LogP contribution in [0.1, 0.15) is 11.1 Å². The van der Waals surface area contributed by atoms with Crippen LogP contribution in [-0.2, 0) is 18.9 Å². The summed E-state index contributed by atoms with van der Waals surface area (Å²) in [6.45, 7) is 0. The van der Waals surface area contributed by atoms with E-state index in [2.05, 4.69) is 0 Å². The normalized spacial score (nSPS) is 15.5. The van der Waals surface area contributed by atoms with Crippen LogP contribution in [0.15, 0.2) is 40.1 Å². The third-order valence-electron chi connectivity index (χ3n) is 3.86. The van der Waals surface area contributed by atoms with Gasteiger partial charge >= 0.3 is 5.69 Å². The molecule has 3 rings (SSSR count). The van der Waals surface area contributed by atoms with Gasteiger partial charge < -0.3 is 9.47 Å². The first-order valence-corrected chi connectivity index (χ1v) is 6.77. The molecule has 0 bridgehead atoms. The smallest absolute Gasteiger partial charge is 0.311 e. The summed E-state index contributed by atoms with van der Waals surface area (Å²) in [6.07, 6.45) is 3.00. The molecule has 0 fully saturated rings. The Bertz CT molecular complexity index is 934. The summed E-state index contributed by atoms with van der Waals surface area (Å²) < 4.78 is 2.35. The van der Waals surface area contributed by atoms with Crippen molar-refractivity contribution in [2.24, 2.45) is 14.1 Å². The monoisotopic (exact) mass is 297 g/mol. The van der Waals surface area contributed by atoms with Crippen molar-refractivity contribution in [2.45, 2.75) is 0 Å². The number of amides is 1. The second-order valence-electron chi connectivity index (χ2n) is 5.28. The van der Waals surface area contributed by atoms with E-state index in [4.69, 9.17) is 0 Å². The van der Waals surface area contributed by atoms with Gasteiger partial charge in [-0.3, -0.25) is 14.2 Å². The number of hydrogen-bond acceptors (Lipinski definition) is 3. The van der Waals surface area contributed by atoms with E-state index < -0.39 is 11.2 Å². The SMILES string of the molecule is CN1C(=O)/C(=C/c2cn(C)c(=O)n(C)c2=O)c2ccccc21. The summed E-state index contributed by atoms with van der Waals surface area (Å²) in [5, 5.41) is 0. The predicted molar refractivity (Wildman–Crippen MR) is 84.6 cm³/mol. The van der Waals surface area contributed by atoms with E-state index in [0.29, 0.717) is 11.1 Å². The van der Waals surface area contributed by atoms with Crippen molar-refractivity contribution in [1.29, 1.82) is 0 Å². The van der Waals surface area contributed by atoms with Gasteiger partial charge in [-0.2, -0.15) is 0 Å². The molecule has 0 N–H and O–H groups in total. The van der Waals surface area contributed by atoms with E-state index >= 15 is 0 Å². The fourth-order valence-electron chi connectivity index (χ4n) is 2.63. The molecule has 1 aromatic heterocycles. The Balaban J connectivity index is 2.25. The van der Waals surface area contributed by atoms with Crippen molar-refractivity contribution in [1.82, 2.24) is 9.13 Å². The van der Waals surface area contributed by atoms with Crippen LogP contribution in [0.25, 0.3) is 11.6 Å². The Morgan fingerprint density at radius 1 is 1.00 bits per heavy atom. The first kappa shape index (κ1) is 14.1. The number of carbonyl (C=O) groups excluding carboxylic acids is 1. The summed E-state index contributed by atoms with van der Waals surface area (Å²) >= 11 is 0. The number of nitrogens with zero attached hydrogens (tertiary/aromatic N) is 3. The first-order chi connectivity index (χ1) is 10.4. The van der Waals surface area contributed by atoms with Gasteiger partial charge in [0.25, 0.3) is 11.5 Å². The summed E-state index contributed by atoms with van der Waals surface area (Å²) in [5.74, 6) is -0.169. The predicted octanol–water partition coefficient (Wildman–Crippen LogP) is 0.601. The van der Waals surface area contributed by atoms with E-state index in [0.717, 1.165) is 15.8 Å². The largest absolute Gasteiger partial charge is 0.330 e. The maximum absolute atomic E-state index is 12.4. The van der Waals surface area contributed by atoms with Crippen LogP contribution >= 0.6 is 0 Å². The van der Waals surface area contributed by atoms with Crippen LogP contribution in [-0.4, -0.2) is 22.1 Å². The minimum absolute atomic E-state index is 0.169.